The van der Waals surface area contributed by atoms with Gasteiger partial charge in [0.15, 0.2) is 0 Å². The molecule has 1 heteroatoms. The molecule has 9 heavy (non-hydrogen) atoms. The maximum atomic E-state index is 5.68. The minimum atomic E-state index is 0.747. The summed E-state index contributed by atoms with van der Waals surface area (Å²) < 4.78 is 0. The first kappa shape index (κ1) is 7.40. The lowest BCUT2D eigenvalue weighted by molar-refractivity contribution is 0.265. The van der Waals surface area contributed by atoms with Crippen LogP contribution in [0.3, 0.4) is 0 Å². The second-order valence-corrected chi connectivity index (χ2v) is 3.60. The lowest BCUT2D eigenvalue weighted by Crippen LogP contribution is -2.14. The molecular weight excluding hydrogens is 132 g/mol. The van der Waals surface area contributed by atoms with Crippen LogP contribution in [0.4, 0.5) is 0 Å². The van der Waals surface area contributed by atoms with Crippen LogP contribution in [-0.4, -0.2) is 5.88 Å². The van der Waals surface area contributed by atoms with E-state index in [-0.39, 0.29) is 0 Å². The highest BCUT2D eigenvalue weighted by Gasteiger charge is 2.18. The lowest BCUT2D eigenvalue weighted by Gasteiger charge is -2.27. The summed E-state index contributed by atoms with van der Waals surface area (Å²) in [6, 6.07) is 0. The van der Waals surface area contributed by atoms with Crippen molar-refractivity contribution in [3.05, 3.63) is 0 Å². The summed E-state index contributed by atoms with van der Waals surface area (Å²) in [5.41, 5.74) is 0. The average molecular weight is 147 g/mol. The maximum Gasteiger partial charge on any atom is 0.0249 e. The number of hydrogen-bond donors (Lipinski definition) is 0. The standard InChI is InChI=1S/C8H15Cl/c1-7(6-9)5-8-3-2-4-8/h7-8H,2-6H2,1H3. The van der Waals surface area contributed by atoms with Crippen LogP contribution in [0.2, 0.25) is 0 Å². The van der Waals surface area contributed by atoms with Crippen molar-refractivity contribution < 1.29 is 0 Å². The SMILES string of the molecule is CC(CCl)CC1CCC1. The molecule has 1 aliphatic rings. The topological polar surface area (TPSA) is 0 Å². The molecule has 0 aliphatic heterocycles. The Labute approximate surface area is 62.6 Å². The van der Waals surface area contributed by atoms with E-state index in [0.29, 0.717) is 0 Å². The van der Waals surface area contributed by atoms with Gasteiger partial charge < -0.3 is 0 Å². The molecule has 1 fully saturated rings. The Kier molecular flexibility index (Phi) is 2.84. The molecule has 1 saturated carbocycles. The van der Waals surface area contributed by atoms with Crippen molar-refractivity contribution in [3.8, 4) is 0 Å². The van der Waals surface area contributed by atoms with E-state index in [2.05, 4.69) is 6.92 Å². The van der Waals surface area contributed by atoms with E-state index in [0.717, 1.165) is 17.7 Å². The molecule has 1 aliphatic carbocycles. The molecule has 54 valence electrons. The third-order valence-electron chi connectivity index (χ3n) is 2.22. The van der Waals surface area contributed by atoms with Crippen molar-refractivity contribution in [3.63, 3.8) is 0 Å². The molecule has 0 heterocycles. The largest absolute Gasteiger partial charge is 0.126 e. The van der Waals surface area contributed by atoms with Crippen LogP contribution >= 0.6 is 11.6 Å². The zero-order valence-corrected chi connectivity index (χ0v) is 6.82. The van der Waals surface area contributed by atoms with Gasteiger partial charge in [-0.1, -0.05) is 26.2 Å². The Hall–Kier alpha value is 0.290. The maximum absolute atomic E-state index is 5.68. The molecule has 0 saturated heterocycles. The minimum Gasteiger partial charge on any atom is -0.126 e. The van der Waals surface area contributed by atoms with Gasteiger partial charge >= 0.3 is 0 Å². The second-order valence-electron chi connectivity index (χ2n) is 3.29. The second kappa shape index (κ2) is 3.46. The Morgan fingerprint density at radius 2 is 2.22 bits per heavy atom. The lowest BCUT2D eigenvalue weighted by atomic mass is 9.80. The van der Waals surface area contributed by atoms with Crippen molar-refractivity contribution in [1.82, 2.24) is 0 Å². The monoisotopic (exact) mass is 146 g/mol. The van der Waals surface area contributed by atoms with Gasteiger partial charge in [-0.15, -0.1) is 11.6 Å². The summed E-state index contributed by atoms with van der Waals surface area (Å²) in [5.74, 6) is 2.62. The third kappa shape index (κ3) is 2.17. The van der Waals surface area contributed by atoms with Crippen molar-refractivity contribution in [2.45, 2.75) is 32.6 Å². The molecular formula is C8H15Cl. The van der Waals surface area contributed by atoms with E-state index in [9.17, 15) is 0 Å². The Bertz CT molecular complexity index is 73.9. The van der Waals surface area contributed by atoms with Crippen molar-refractivity contribution in [1.29, 1.82) is 0 Å². The van der Waals surface area contributed by atoms with E-state index in [4.69, 9.17) is 11.6 Å². The van der Waals surface area contributed by atoms with Crippen LogP contribution in [0.15, 0.2) is 0 Å². The zero-order chi connectivity index (χ0) is 6.69. The highest BCUT2D eigenvalue weighted by molar-refractivity contribution is 6.18. The highest BCUT2D eigenvalue weighted by Crippen LogP contribution is 2.32. The smallest absolute Gasteiger partial charge is 0.0249 e. The van der Waals surface area contributed by atoms with Gasteiger partial charge in [-0.3, -0.25) is 0 Å². The highest BCUT2D eigenvalue weighted by atomic mass is 35.5. The van der Waals surface area contributed by atoms with Crippen molar-refractivity contribution in [2.24, 2.45) is 11.8 Å². The molecule has 0 N–H and O–H groups in total. The molecule has 0 nitrogen and oxygen atoms in total. The summed E-state index contributed by atoms with van der Waals surface area (Å²) in [6.07, 6.45) is 5.74. The Morgan fingerprint density at radius 1 is 1.56 bits per heavy atom. The van der Waals surface area contributed by atoms with E-state index in [1.807, 2.05) is 0 Å². The fourth-order valence-electron chi connectivity index (χ4n) is 1.36. The summed E-state index contributed by atoms with van der Waals surface area (Å²) in [4.78, 5) is 0. The van der Waals surface area contributed by atoms with Gasteiger partial charge in [0.05, 0.1) is 0 Å². The van der Waals surface area contributed by atoms with Crippen LogP contribution in [-0.2, 0) is 0 Å². The number of hydrogen-bond acceptors (Lipinski definition) is 0. The molecule has 1 unspecified atom stereocenters. The molecule has 0 aromatic heterocycles. The van der Waals surface area contributed by atoms with Crippen LogP contribution in [0.5, 0.6) is 0 Å². The molecule has 0 spiro atoms. The van der Waals surface area contributed by atoms with Gasteiger partial charge in [0.2, 0.25) is 0 Å². The fourth-order valence-corrected chi connectivity index (χ4v) is 1.49. The molecule has 0 aromatic rings. The van der Waals surface area contributed by atoms with E-state index >= 15 is 0 Å². The van der Waals surface area contributed by atoms with Gasteiger partial charge in [-0.25, -0.2) is 0 Å². The van der Waals surface area contributed by atoms with Crippen LogP contribution in [0.25, 0.3) is 0 Å². The number of rotatable bonds is 3. The van der Waals surface area contributed by atoms with Gasteiger partial charge in [-0.05, 0) is 18.3 Å². The normalized spacial score (nSPS) is 23.3. The molecule has 0 bridgehead atoms. The van der Waals surface area contributed by atoms with E-state index in [1.54, 1.807) is 0 Å². The summed E-state index contributed by atoms with van der Waals surface area (Å²) >= 11 is 5.68. The molecule has 1 atom stereocenters. The number of alkyl halides is 1. The van der Waals surface area contributed by atoms with Crippen molar-refractivity contribution in [2.75, 3.05) is 5.88 Å². The van der Waals surface area contributed by atoms with E-state index in [1.165, 1.54) is 25.7 Å². The summed E-state index contributed by atoms with van der Waals surface area (Å²) in [6.45, 7) is 2.24. The Morgan fingerprint density at radius 3 is 2.56 bits per heavy atom. The molecule has 1 rings (SSSR count). The predicted molar refractivity (Wildman–Crippen MR) is 41.8 cm³/mol. The average Bonchev–Trinajstić information content (AvgIpc) is 1.78. The van der Waals surface area contributed by atoms with Crippen molar-refractivity contribution >= 4 is 11.6 Å². The van der Waals surface area contributed by atoms with Crippen LogP contribution in [0.1, 0.15) is 32.6 Å². The Balaban J connectivity index is 2.01. The van der Waals surface area contributed by atoms with Gasteiger partial charge in [0.25, 0.3) is 0 Å². The van der Waals surface area contributed by atoms with Gasteiger partial charge in [-0.2, -0.15) is 0 Å². The first-order valence-corrected chi connectivity index (χ1v) is 4.42. The van der Waals surface area contributed by atoms with E-state index < -0.39 is 0 Å². The number of halogens is 1. The predicted octanol–water partition coefficient (Wildman–Crippen LogP) is 3.05. The first-order valence-electron chi connectivity index (χ1n) is 3.89. The van der Waals surface area contributed by atoms with Gasteiger partial charge in [0, 0.05) is 5.88 Å². The first-order chi connectivity index (χ1) is 4.33. The van der Waals surface area contributed by atoms with Gasteiger partial charge in [0.1, 0.15) is 0 Å². The summed E-state index contributed by atoms with van der Waals surface area (Å²) in [7, 11) is 0. The van der Waals surface area contributed by atoms with Crippen LogP contribution < -0.4 is 0 Å². The quantitative estimate of drug-likeness (QED) is 0.537. The molecule has 0 amide bonds. The molecule has 0 aromatic carbocycles. The molecule has 0 radical (unpaired) electrons. The third-order valence-corrected chi connectivity index (χ3v) is 2.75. The fraction of sp³-hybridized carbons (Fsp3) is 1.00. The summed E-state index contributed by atoms with van der Waals surface area (Å²) in [5, 5.41) is 0. The minimum absolute atomic E-state index is 0.747. The van der Waals surface area contributed by atoms with Crippen LogP contribution in [0, 0.1) is 11.8 Å². The zero-order valence-electron chi connectivity index (χ0n) is 6.07.